The molecular formula is C18H21ClN2O3S. The van der Waals surface area contributed by atoms with Gasteiger partial charge in [-0.05, 0) is 50.1 Å². The molecule has 0 saturated heterocycles. The Morgan fingerprint density at radius 2 is 1.72 bits per heavy atom. The summed E-state index contributed by atoms with van der Waals surface area (Å²) in [6.45, 7) is 5.14. The topological polar surface area (TPSA) is 66.5 Å². The number of nitrogens with zero attached hydrogens (tertiary/aromatic N) is 1. The monoisotopic (exact) mass is 380 g/mol. The van der Waals surface area contributed by atoms with Crippen LogP contribution in [-0.2, 0) is 14.8 Å². The lowest BCUT2D eigenvalue weighted by molar-refractivity contribution is -0.116. The maximum absolute atomic E-state index is 12.9. The second-order valence-corrected chi connectivity index (χ2v) is 8.47. The quantitative estimate of drug-likeness (QED) is 0.862. The molecule has 0 fully saturated rings. The lowest BCUT2D eigenvalue weighted by Gasteiger charge is -2.20. The summed E-state index contributed by atoms with van der Waals surface area (Å²) >= 11 is 5.88. The first-order chi connectivity index (χ1) is 11.6. The molecule has 25 heavy (non-hydrogen) atoms. The fourth-order valence-electron chi connectivity index (χ4n) is 2.78. The van der Waals surface area contributed by atoms with E-state index in [4.69, 9.17) is 11.6 Å². The summed E-state index contributed by atoms with van der Waals surface area (Å²) in [5.41, 5.74) is 2.85. The molecule has 0 heterocycles. The molecular weight excluding hydrogens is 360 g/mol. The van der Waals surface area contributed by atoms with Crippen molar-refractivity contribution >= 4 is 33.2 Å². The number of anilines is 1. The summed E-state index contributed by atoms with van der Waals surface area (Å²) in [7, 11) is -2.37. The Balaban J connectivity index is 2.19. The lowest BCUT2D eigenvalue weighted by Crippen LogP contribution is -2.35. The zero-order valence-corrected chi connectivity index (χ0v) is 16.2. The van der Waals surface area contributed by atoms with Crippen molar-refractivity contribution in [2.75, 3.05) is 18.9 Å². The van der Waals surface area contributed by atoms with Gasteiger partial charge in [0.25, 0.3) is 0 Å². The third-order valence-electron chi connectivity index (χ3n) is 3.75. The van der Waals surface area contributed by atoms with Crippen LogP contribution in [0.1, 0.15) is 16.7 Å². The highest BCUT2D eigenvalue weighted by Crippen LogP contribution is 2.24. The average Bonchev–Trinajstić information content (AvgIpc) is 2.45. The van der Waals surface area contributed by atoms with Crippen LogP contribution in [0.5, 0.6) is 0 Å². The molecule has 0 unspecified atom stereocenters. The number of sulfonamides is 1. The van der Waals surface area contributed by atoms with Gasteiger partial charge < -0.3 is 5.32 Å². The zero-order valence-electron chi connectivity index (χ0n) is 14.6. The summed E-state index contributed by atoms with van der Waals surface area (Å²) in [5.74, 6) is -0.434. The largest absolute Gasteiger partial charge is 0.325 e. The van der Waals surface area contributed by atoms with Gasteiger partial charge in [-0.2, -0.15) is 4.31 Å². The van der Waals surface area contributed by atoms with E-state index in [1.807, 2.05) is 19.1 Å². The molecule has 2 aromatic carbocycles. The number of likely N-dealkylation sites (N-methyl/N-ethyl adjacent to an activating group) is 1. The molecule has 0 aliphatic carbocycles. The predicted molar refractivity (Wildman–Crippen MR) is 101 cm³/mol. The summed E-state index contributed by atoms with van der Waals surface area (Å²) in [6, 6.07) is 10.3. The van der Waals surface area contributed by atoms with Gasteiger partial charge in [-0.1, -0.05) is 35.4 Å². The second kappa shape index (κ2) is 7.56. The molecule has 0 bridgehead atoms. The van der Waals surface area contributed by atoms with Crippen LogP contribution in [0.25, 0.3) is 0 Å². The van der Waals surface area contributed by atoms with Crippen molar-refractivity contribution in [2.24, 2.45) is 0 Å². The van der Waals surface area contributed by atoms with Crippen LogP contribution >= 0.6 is 11.6 Å². The van der Waals surface area contributed by atoms with E-state index in [-0.39, 0.29) is 11.4 Å². The van der Waals surface area contributed by atoms with Gasteiger partial charge >= 0.3 is 0 Å². The number of benzene rings is 2. The van der Waals surface area contributed by atoms with Crippen molar-refractivity contribution in [1.82, 2.24) is 4.31 Å². The van der Waals surface area contributed by atoms with Gasteiger partial charge in [-0.25, -0.2) is 8.42 Å². The molecule has 2 aromatic rings. The fourth-order valence-corrected chi connectivity index (χ4v) is 4.50. The molecule has 0 atom stereocenters. The summed E-state index contributed by atoms with van der Waals surface area (Å²) < 4.78 is 26.8. The van der Waals surface area contributed by atoms with Crippen molar-refractivity contribution in [3.63, 3.8) is 0 Å². The highest BCUT2D eigenvalue weighted by Gasteiger charge is 2.26. The minimum absolute atomic E-state index is 0.246. The first-order valence-corrected chi connectivity index (χ1v) is 9.52. The van der Waals surface area contributed by atoms with Crippen LogP contribution in [0.3, 0.4) is 0 Å². The molecule has 0 aromatic heterocycles. The minimum atomic E-state index is -3.77. The summed E-state index contributed by atoms with van der Waals surface area (Å²) in [4.78, 5) is 12.4. The maximum Gasteiger partial charge on any atom is 0.243 e. The Morgan fingerprint density at radius 3 is 2.28 bits per heavy atom. The van der Waals surface area contributed by atoms with Gasteiger partial charge in [0, 0.05) is 17.8 Å². The number of carbonyl (C=O) groups is 1. The minimum Gasteiger partial charge on any atom is -0.325 e. The van der Waals surface area contributed by atoms with E-state index in [2.05, 4.69) is 5.32 Å². The Labute approximate surface area is 153 Å². The number of amides is 1. The van der Waals surface area contributed by atoms with Crippen LogP contribution in [-0.4, -0.2) is 32.2 Å². The Hall–Kier alpha value is -1.89. The molecule has 0 spiro atoms. The van der Waals surface area contributed by atoms with Crippen LogP contribution in [0.2, 0.25) is 5.02 Å². The molecule has 5 nitrogen and oxygen atoms in total. The highest BCUT2D eigenvalue weighted by molar-refractivity contribution is 7.89. The molecule has 0 radical (unpaired) electrons. The molecule has 0 saturated carbocycles. The highest BCUT2D eigenvalue weighted by atomic mass is 35.5. The number of nitrogens with one attached hydrogen (secondary N) is 1. The molecule has 2 rings (SSSR count). The van der Waals surface area contributed by atoms with E-state index in [1.165, 1.54) is 7.05 Å². The first-order valence-electron chi connectivity index (χ1n) is 7.71. The maximum atomic E-state index is 12.9. The fraction of sp³-hybridized carbons (Fsp3) is 0.278. The van der Waals surface area contributed by atoms with Crippen molar-refractivity contribution in [1.29, 1.82) is 0 Å². The van der Waals surface area contributed by atoms with Gasteiger partial charge in [0.15, 0.2) is 0 Å². The normalized spacial score (nSPS) is 11.6. The van der Waals surface area contributed by atoms with E-state index in [9.17, 15) is 13.2 Å². The third kappa shape index (κ3) is 4.60. The van der Waals surface area contributed by atoms with E-state index in [0.29, 0.717) is 21.8 Å². The lowest BCUT2D eigenvalue weighted by atomic mass is 10.1. The van der Waals surface area contributed by atoms with Gasteiger partial charge in [-0.15, -0.1) is 0 Å². The van der Waals surface area contributed by atoms with Crippen molar-refractivity contribution in [3.05, 3.63) is 58.1 Å². The number of hydrogen-bond donors (Lipinski definition) is 1. The van der Waals surface area contributed by atoms with Crippen LogP contribution in [0.4, 0.5) is 5.69 Å². The summed E-state index contributed by atoms with van der Waals surface area (Å²) in [5, 5.41) is 3.14. The number of hydrogen-bond acceptors (Lipinski definition) is 3. The van der Waals surface area contributed by atoms with Crippen LogP contribution in [0, 0.1) is 20.8 Å². The number of rotatable bonds is 5. The standard InChI is InChI=1S/C18H21ClN2O3S/c1-12-8-13(2)18(14(3)9-12)25(23,24)21(4)11-17(22)20-16-7-5-6-15(19)10-16/h5-10H,11H2,1-4H3,(H,20,22). The third-order valence-corrected chi connectivity index (χ3v) is 6.09. The van der Waals surface area contributed by atoms with Crippen molar-refractivity contribution in [2.45, 2.75) is 25.7 Å². The van der Waals surface area contributed by atoms with Gasteiger partial charge in [-0.3, -0.25) is 4.79 Å². The molecule has 0 aliphatic heterocycles. The number of halogens is 1. The summed E-state index contributed by atoms with van der Waals surface area (Å²) in [6.07, 6.45) is 0. The van der Waals surface area contributed by atoms with E-state index >= 15 is 0 Å². The van der Waals surface area contributed by atoms with Crippen LogP contribution < -0.4 is 5.32 Å². The number of aryl methyl sites for hydroxylation is 3. The molecule has 0 aliphatic rings. The molecule has 1 N–H and O–H groups in total. The van der Waals surface area contributed by atoms with Gasteiger partial charge in [0.2, 0.25) is 15.9 Å². The van der Waals surface area contributed by atoms with E-state index < -0.39 is 15.9 Å². The first kappa shape index (κ1) is 19.4. The molecule has 134 valence electrons. The Bertz CT molecular complexity index is 887. The predicted octanol–water partition coefficient (Wildman–Crippen LogP) is 3.52. The van der Waals surface area contributed by atoms with E-state index in [1.54, 1.807) is 38.1 Å². The van der Waals surface area contributed by atoms with Crippen molar-refractivity contribution in [3.8, 4) is 0 Å². The Morgan fingerprint density at radius 1 is 1.12 bits per heavy atom. The zero-order chi connectivity index (χ0) is 18.8. The van der Waals surface area contributed by atoms with Gasteiger partial charge in [0.05, 0.1) is 11.4 Å². The number of carbonyl (C=O) groups excluding carboxylic acids is 1. The SMILES string of the molecule is Cc1cc(C)c(S(=O)(=O)N(C)CC(=O)Nc2cccc(Cl)c2)c(C)c1. The Kier molecular flexibility index (Phi) is 5.87. The van der Waals surface area contributed by atoms with E-state index in [0.717, 1.165) is 9.87 Å². The molecule has 1 amide bonds. The van der Waals surface area contributed by atoms with Crippen LogP contribution in [0.15, 0.2) is 41.3 Å². The second-order valence-electron chi connectivity index (χ2n) is 6.05. The van der Waals surface area contributed by atoms with Crippen molar-refractivity contribution < 1.29 is 13.2 Å². The molecule has 7 heteroatoms. The average molecular weight is 381 g/mol. The smallest absolute Gasteiger partial charge is 0.243 e. The van der Waals surface area contributed by atoms with Gasteiger partial charge in [0.1, 0.15) is 0 Å².